The predicted molar refractivity (Wildman–Crippen MR) is 129 cm³/mol. The van der Waals surface area contributed by atoms with Crippen LogP contribution < -0.4 is 9.47 Å². The van der Waals surface area contributed by atoms with E-state index in [0.29, 0.717) is 22.7 Å². The van der Waals surface area contributed by atoms with Crippen LogP contribution in [0, 0.1) is 29.5 Å². The first-order valence-electron chi connectivity index (χ1n) is 10.9. The van der Waals surface area contributed by atoms with Crippen LogP contribution in [0.5, 0.6) is 23.0 Å². The van der Waals surface area contributed by atoms with Crippen LogP contribution >= 0.6 is 0 Å². The van der Waals surface area contributed by atoms with Crippen molar-refractivity contribution in [2.75, 3.05) is 0 Å². The van der Waals surface area contributed by atoms with Gasteiger partial charge in [-0.1, -0.05) is 24.3 Å². The summed E-state index contributed by atoms with van der Waals surface area (Å²) in [5, 5.41) is 8.85. The molecule has 4 rings (SSSR count). The molecule has 0 atom stereocenters. The van der Waals surface area contributed by atoms with Crippen LogP contribution in [0.2, 0.25) is 0 Å². The predicted octanol–water partition coefficient (Wildman–Crippen LogP) is 7.33. The monoisotopic (exact) mass is 480 g/mol. The highest BCUT2D eigenvalue weighted by molar-refractivity contribution is 5.83. The largest absolute Gasteiger partial charge is 0.457 e. The number of hydrogen-bond donors (Lipinski definition) is 0. The molecule has 4 aromatic rings. The lowest BCUT2D eigenvalue weighted by Gasteiger charge is -2.10. The summed E-state index contributed by atoms with van der Waals surface area (Å²) in [4.78, 5) is 15.8. The third-order valence-electron chi connectivity index (χ3n) is 5.24. The summed E-state index contributed by atoms with van der Waals surface area (Å²) in [6.07, 6.45) is -0.400. The van der Waals surface area contributed by atoms with E-state index in [9.17, 15) is 13.6 Å². The van der Waals surface area contributed by atoms with E-state index in [-0.39, 0.29) is 41.3 Å². The maximum absolute atomic E-state index is 14.6. The topological polar surface area (TPSA) is 63.7 Å². The minimum Gasteiger partial charge on any atom is -0.457 e. The van der Waals surface area contributed by atoms with Gasteiger partial charge in [0.25, 0.3) is 0 Å². The van der Waals surface area contributed by atoms with E-state index in [1.807, 2.05) is 6.07 Å². The van der Waals surface area contributed by atoms with Gasteiger partial charge in [0, 0.05) is 25.0 Å². The van der Waals surface area contributed by atoms with E-state index in [4.69, 9.17) is 21.3 Å². The summed E-state index contributed by atoms with van der Waals surface area (Å²) in [5.41, 5.74) is 1.30. The second kappa shape index (κ2) is 10.9. The van der Waals surface area contributed by atoms with Crippen molar-refractivity contribution in [2.24, 2.45) is 0 Å². The van der Waals surface area contributed by atoms with Crippen LogP contribution in [0.25, 0.3) is 4.85 Å². The van der Waals surface area contributed by atoms with Gasteiger partial charge in [-0.2, -0.15) is 5.26 Å². The van der Waals surface area contributed by atoms with Gasteiger partial charge in [0.05, 0.1) is 18.2 Å². The lowest BCUT2D eigenvalue weighted by molar-refractivity contribution is -0.117. The van der Waals surface area contributed by atoms with Gasteiger partial charge in [0.2, 0.25) is 0 Å². The average Bonchev–Trinajstić information content (AvgIpc) is 2.88. The van der Waals surface area contributed by atoms with Gasteiger partial charge >= 0.3 is 0 Å². The van der Waals surface area contributed by atoms with E-state index >= 15 is 0 Å². The highest BCUT2D eigenvalue weighted by atomic mass is 19.1. The third-order valence-corrected chi connectivity index (χ3v) is 5.24. The zero-order chi connectivity index (χ0) is 25.5. The summed E-state index contributed by atoms with van der Waals surface area (Å²) in [5.74, 6) is -0.166. The molecule has 0 radical (unpaired) electrons. The number of rotatable bonds is 8. The van der Waals surface area contributed by atoms with E-state index in [1.54, 1.807) is 60.7 Å². The minimum atomic E-state index is -0.608. The Labute approximate surface area is 206 Å². The fraction of sp³-hybridized carbons (Fsp3) is 0.0690. The Morgan fingerprint density at radius 1 is 0.750 bits per heavy atom. The molecular formula is C29H18F2N2O3. The maximum atomic E-state index is 14.6. The average molecular weight is 480 g/mol. The van der Waals surface area contributed by atoms with Crippen molar-refractivity contribution in [3.05, 3.63) is 125 Å². The molecule has 176 valence electrons. The van der Waals surface area contributed by atoms with E-state index < -0.39 is 11.6 Å². The smallest absolute Gasteiger partial charge is 0.187 e. The van der Waals surface area contributed by atoms with Crippen molar-refractivity contribution in [1.82, 2.24) is 0 Å². The van der Waals surface area contributed by atoms with Crippen LogP contribution in [-0.2, 0) is 17.6 Å². The number of ether oxygens (including phenoxy) is 2. The number of halogens is 2. The Morgan fingerprint density at radius 2 is 1.19 bits per heavy atom. The molecule has 0 N–H and O–H groups in total. The van der Waals surface area contributed by atoms with Crippen molar-refractivity contribution in [3.8, 4) is 29.1 Å². The van der Waals surface area contributed by atoms with Gasteiger partial charge in [-0.3, -0.25) is 4.79 Å². The van der Waals surface area contributed by atoms with Crippen molar-refractivity contribution in [3.63, 3.8) is 0 Å². The number of hydrogen-bond acceptors (Lipinski definition) is 4. The number of nitrogens with zero attached hydrogens (tertiary/aromatic N) is 2. The normalized spacial score (nSPS) is 10.2. The number of nitriles is 1. The molecule has 0 aliphatic heterocycles. The Kier molecular flexibility index (Phi) is 7.33. The lowest BCUT2D eigenvalue weighted by Crippen LogP contribution is -2.09. The molecule has 5 nitrogen and oxygen atoms in total. The SMILES string of the molecule is [C-]#[N+]c1ccc(Oc2ccc(CC(=O)Cc3ccc(Oc4ccc(C#N)cc4)cc3F)c(F)c2)cc1. The minimum absolute atomic E-state index is 0.176. The fourth-order valence-corrected chi connectivity index (χ4v) is 3.42. The van der Waals surface area contributed by atoms with Crippen molar-refractivity contribution in [2.45, 2.75) is 12.8 Å². The first-order valence-corrected chi connectivity index (χ1v) is 10.9. The molecule has 0 saturated heterocycles. The number of benzene rings is 4. The Hall–Kier alpha value is -5.01. The zero-order valence-electron chi connectivity index (χ0n) is 18.9. The van der Waals surface area contributed by atoms with Crippen LogP contribution in [-0.4, -0.2) is 5.78 Å². The maximum Gasteiger partial charge on any atom is 0.187 e. The Morgan fingerprint density at radius 3 is 1.61 bits per heavy atom. The van der Waals surface area contributed by atoms with Gasteiger partial charge in [-0.15, -0.1) is 0 Å². The summed E-state index contributed by atoms with van der Waals surface area (Å²) in [7, 11) is 0. The first kappa shape index (κ1) is 24.1. The van der Waals surface area contributed by atoms with Gasteiger partial charge < -0.3 is 9.47 Å². The number of carbonyl (C=O) groups excluding carboxylic acids is 1. The Bertz CT molecular complexity index is 1370. The second-order valence-corrected chi connectivity index (χ2v) is 7.84. The summed E-state index contributed by atoms with van der Waals surface area (Å²) in [6.45, 7) is 6.96. The molecule has 36 heavy (non-hydrogen) atoms. The highest BCUT2D eigenvalue weighted by Gasteiger charge is 2.14. The first-order chi connectivity index (χ1) is 17.4. The van der Waals surface area contributed by atoms with Crippen molar-refractivity contribution >= 4 is 11.5 Å². The second-order valence-electron chi connectivity index (χ2n) is 7.84. The number of Topliss-reactive ketones (excluding diaryl/α,β-unsaturated/α-hetero) is 1. The van der Waals surface area contributed by atoms with Crippen LogP contribution in [0.4, 0.5) is 14.5 Å². The van der Waals surface area contributed by atoms with Gasteiger partial charge in [-0.05, 0) is 59.7 Å². The quantitative estimate of drug-likeness (QED) is 0.248. The number of carbonyl (C=O) groups is 1. The van der Waals surface area contributed by atoms with Gasteiger partial charge in [-0.25, -0.2) is 13.6 Å². The van der Waals surface area contributed by atoms with Crippen molar-refractivity contribution < 1.29 is 23.0 Å². The summed E-state index contributed by atoms with van der Waals surface area (Å²) >= 11 is 0. The molecular weight excluding hydrogens is 462 g/mol. The van der Waals surface area contributed by atoms with Gasteiger partial charge in [0.1, 0.15) is 40.4 Å². The Balaban J connectivity index is 1.36. The number of ketones is 1. The molecule has 0 bridgehead atoms. The van der Waals surface area contributed by atoms with Crippen molar-refractivity contribution in [1.29, 1.82) is 5.26 Å². The molecule has 0 saturated carbocycles. The molecule has 4 aromatic carbocycles. The van der Waals surface area contributed by atoms with E-state index in [0.717, 1.165) is 0 Å². The molecule has 0 heterocycles. The standard InChI is InChI=1S/C29H18F2N2O3/c1-33-22-6-12-25(13-7-22)36-27-11-5-21(29(31)17-27)15-23(34)14-20-4-10-26(16-28(20)30)35-24-8-2-19(18-32)3-9-24/h2-13,16-17H,14-15H2. The van der Waals surface area contributed by atoms with E-state index in [2.05, 4.69) is 4.85 Å². The highest BCUT2D eigenvalue weighted by Crippen LogP contribution is 2.27. The lowest BCUT2D eigenvalue weighted by atomic mass is 10.0. The molecule has 0 unspecified atom stereocenters. The van der Waals surface area contributed by atoms with Gasteiger partial charge in [0.15, 0.2) is 5.69 Å². The fourth-order valence-electron chi connectivity index (χ4n) is 3.42. The zero-order valence-corrected chi connectivity index (χ0v) is 18.9. The molecule has 7 heteroatoms. The van der Waals surface area contributed by atoms with E-state index in [1.165, 1.54) is 24.3 Å². The summed E-state index contributed by atoms with van der Waals surface area (Å²) in [6, 6.07) is 23.2. The van der Waals surface area contributed by atoms with Crippen LogP contribution in [0.15, 0.2) is 84.9 Å². The molecule has 0 spiro atoms. The molecule has 0 aromatic heterocycles. The molecule has 0 fully saturated rings. The van der Waals surface area contributed by atoms with Crippen LogP contribution in [0.1, 0.15) is 16.7 Å². The molecule has 0 amide bonds. The molecule has 0 aliphatic rings. The third kappa shape index (κ3) is 6.11. The van der Waals surface area contributed by atoms with Crippen LogP contribution in [0.3, 0.4) is 0 Å². The summed E-state index contributed by atoms with van der Waals surface area (Å²) < 4.78 is 40.3. The molecule has 0 aliphatic carbocycles.